The zero-order valence-corrected chi connectivity index (χ0v) is 24.2. The summed E-state index contributed by atoms with van der Waals surface area (Å²) in [5.41, 5.74) is 3.35. The summed E-state index contributed by atoms with van der Waals surface area (Å²) in [4.78, 5) is 29.2. The van der Waals surface area contributed by atoms with Gasteiger partial charge in [-0.2, -0.15) is 0 Å². The number of nitrogens with zero attached hydrogens (tertiary/aromatic N) is 2. The third kappa shape index (κ3) is 5.71. The third-order valence-electron chi connectivity index (χ3n) is 7.59. The largest absolute Gasteiger partial charge is 0.485 e. The molecule has 3 aliphatic rings. The van der Waals surface area contributed by atoms with Crippen LogP contribution >= 0.6 is 23.2 Å². The average molecular weight is 574 g/mol. The van der Waals surface area contributed by atoms with Crippen LogP contribution in [0.1, 0.15) is 57.6 Å². The van der Waals surface area contributed by atoms with Crippen LogP contribution in [0.3, 0.4) is 0 Å². The molecule has 2 aromatic carbocycles. The number of carboxylic acids is 1. The number of carboxylic acid groups (broad SMARTS) is 1. The van der Waals surface area contributed by atoms with Gasteiger partial charge in [-0.1, -0.05) is 35.3 Å². The van der Waals surface area contributed by atoms with Crippen molar-refractivity contribution in [2.75, 3.05) is 18.0 Å². The molecule has 0 aromatic heterocycles. The van der Waals surface area contributed by atoms with Gasteiger partial charge in [0.1, 0.15) is 11.7 Å². The smallest absolute Gasteiger partial charge is 0.411 e. The lowest BCUT2D eigenvalue weighted by Crippen LogP contribution is -2.48. The molecule has 2 fully saturated rings. The molecule has 0 unspecified atom stereocenters. The predicted molar refractivity (Wildman–Crippen MR) is 153 cm³/mol. The summed E-state index contributed by atoms with van der Waals surface area (Å²) in [7, 11) is 0. The topological polar surface area (TPSA) is 79.3 Å². The first kappa shape index (κ1) is 27.7. The van der Waals surface area contributed by atoms with Crippen molar-refractivity contribution in [2.45, 2.75) is 77.2 Å². The number of fused-ring (bicyclic) bond motifs is 2. The monoisotopic (exact) mass is 572 g/mol. The Bertz CT molecular complexity index is 1290. The molecule has 0 aliphatic carbocycles. The van der Waals surface area contributed by atoms with E-state index in [1.165, 1.54) is 0 Å². The lowest BCUT2D eigenvalue weighted by Gasteiger charge is -2.37. The Kier molecular flexibility index (Phi) is 7.51. The molecule has 2 aromatic rings. The number of rotatable bonds is 5. The second-order valence-electron chi connectivity index (χ2n) is 11.6. The van der Waals surface area contributed by atoms with Gasteiger partial charge in [0, 0.05) is 24.7 Å². The second-order valence-corrected chi connectivity index (χ2v) is 12.4. The van der Waals surface area contributed by atoms with Crippen LogP contribution in [0.4, 0.5) is 10.5 Å². The summed E-state index contributed by atoms with van der Waals surface area (Å²) in [5, 5.41) is 11.2. The van der Waals surface area contributed by atoms with Gasteiger partial charge in [0.05, 0.1) is 28.2 Å². The highest BCUT2D eigenvalue weighted by molar-refractivity contribution is 6.37. The maximum absolute atomic E-state index is 12.9. The molecule has 208 valence electrons. The van der Waals surface area contributed by atoms with Crippen LogP contribution in [-0.4, -0.2) is 58.9 Å². The highest BCUT2D eigenvalue weighted by atomic mass is 35.5. The van der Waals surface area contributed by atoms with E-state index < -0.39 is 23.7 Å². The number of aryl methyl sites for hydroxylation is 1. The van der Waals surface area contributed by atoms with E-state index in [1.54, 1.807) is 4.90 Å². The van der Waals surface area contributed by atoms with E-state index in [4.69, 9.17) is 32.7 Å². The summed E-state index contributed by atoms with van der Waals surface area (Å²) in [6.45, 7) is 8.91. The number of carbonyl (C=O) groups is 2. The molecule has 9 heteroatoms. The van der Waals surface area contributed by atoms with Gasteiger partial charge in [-0.25, -0.2) is 9.59 Å². The number of ether oxygens (including phenoxy) is 2. The third-order valence-corrected chi connectivity index (χ3v) is 8.15. The zero-order chi connectivity index (χ0) is 28.1. The summed E-state index contributed by atoms with van der Waals surface area (Å²) < 4.78 is 11.8. The number of aliphatic carboxylic acids is 1. The molecule has 39 heavy (non-hydrogen) atoms. The maximum Gasteiger partial charge on any atom is 0.411 e. The number of carbonyl (C=O) groups excluding carboxylic acids is 1. The first-order chi connectivity index (χ1) is 18.4. The summed E-state index contributed by atoms with van der Waals surface area (Å²) in [6, 6.07) is 11.2. The second kappa shape index (κ2) is 10.6. The molecular formula is C30H34Cl2N2O5. The van der Waals surface area contributed by atoms with E-state index >= 15 is 0 Å². The Morgan fingerprint density at radius 3 is 2.31 bits per heavy atom. The molecule has 0 spiro atoms. The van der Waals surface area contributed by atoms with Crippen molar-refractivity contribution in [3.8, 4) is 5.75 Å². The van der Waals surface area contributed by atoms with Crippen molar-refractivity contribution >= 4 is 46.5 Å². The summed E-state index contributed by atoms with van der Waals surface area (Å²) in [6.07, 6.45) is 2.22. The normalized spacial score (nSPS) is 22.9. The molecule has 5 rings (SSSR count). The van der Waals surface area contributed by atoms with E-state index in [2.05, 4.69) is 4.90 Å². The minimum absolute atomic E-state index is 0.0449. The van der Waals surface area contributed by atoms with Crippen LogP contribution in [0.5, 0.6) is 5.75 Å². The highest BCUT2D eigenvalue weighted by Gasteiger charge is 2.47. The van der Waals surface area contributed by atoms with Crippen LogP contribution < -0.4 is 9.64 Å². The van der Waals surface area contributed by atoms with E-state index in [0.717, 1.165) is 41.8 Å². The molecule has 1 N–H and O–H groups in total. The van der Waals surface area contributed by atoms with Crippen molar-refractivity contribution in [1.29, 1.82) is 0 Å². The fraction of sp³-hybridized carbons (Fsp3) is 0.467. The van der Waals surface area contributed by atoms with Gasteiger partial charge in [-0.05, 0) is 87.9 Å². The van der Waals surface area contributed by atoms with E-state index in [9.17, 15) is 14.7 Å². The number of amides is 1. The van der Waals surface area contributed by atoms with E-state index in [1.807, 2.05) is 64.1 Å². The molecular weight excluding hydrogens is 539 g/mol. The van der Waals surface area contributed by atoms with Gasteiger partial charge in [0.2, 0.25) is 0 Å². The van der Waals surface area contributed by atoms with Crippen LogP contribution in [-0.2, 0) is 9.53 Å². The average Bonchev–Trinajstić information content (AvgIpc) is 3.43. The first-order valence-electron chi connectivity index (χ1n) is 13.4. The SMILES string of the molecule is Cc1cc(Cl)c(O[C@@H]2CCN(c3ccc(C4=C(C(=O)O)[C@H]5CC[C@@H](C4)N5C(=O)OC(C)(C)C)cc3)C2)c(Cl)c1. The van der Waals surface area contributed by atoms with Gasteiger partial charge in [-0.3, -0.25) is 4.90 Å². The maximum atomic E-state index is 12.9. The van der Waals surface area contributed by atoms with Gasteiger partial charge < -0.3 is 19.5 Å². The van der Waals surface area contributed by atoms with Gasteiger partial charge in [-0.15, -0.1) is 0 Å². The molecule has 3 heterocycles. The Balaban J connectivity index is 1.32. The number of halogens is 2. The first-order valence-corrected chi connectivity index (χ1v) is 14.1. The van der Waals surface area contributed by atoms with Gasteiger partial charge >= 0.3 is 12.1 Å². The fourth-order valence-electron chi connectivity index (χ4n) is 5.95. The van der Waals surface area contributed by atoms with Crippen LogP contribution in [0.2, 0.25) is 10.0 Å². The minimum atomic E-state index is -0.985. The van der Waals surface area contributed by atoms with Gasteiger partial charge in [0.15, 0.2) is 5.75 Å². The quantitative estimate of drug-likeness (QED) is 0.416. The molecule has 3 atom stereocenters. The molecule has 0 saturated carbocycles. The lowest BCUT2D eigenvalue weighted by atomic mass is 9.88. The molecule has 3 aliphatic heterocycles. The van der Waals surface area contributed by atoms with E-state index in [0.29, 0.717) is 40.8 Å². The predicted octanol–water partition coefficient (Wildman–Crippen LogP) is 6.97. The van der Waals surface area contributed by atoms with Crippen LogP contribution in [0, 0.1) is 6.92 Å². The van der Waals surface area contributed by atoms with Crippen molar-refractivity contribution in [3.63, 3.8) is 0 Å². The summed E-state index contributed by atoms with van der Waals surface area (Å²) >= 11 is 12.7. The Morgan fingerprint density at radius 2 is 1.69 bits per heavy atom. The Labute approximate surface area is 239 Å². The van der Waals surface area contributed by atoms with Crippen LogP contribution in [0.25, 0.3) is 5.57 Å². The fourth-order valence-corrected chi connectivity index (χ4v) is 6.63. The number of hydrogen-bond donors (Lipinski definition) is 1. The minimum Gasteiger partial charge on any atom is -0.485 e. The highest BCUT2D eigenvalue weighted by Crippen LogP contribution is 2.44. The summed E-state index contributed by atoms with van der Waals surface area (Å²) in [5.74, 6) is -0.465. The van der Waals surface area contributed by atoms with Crippen molar-refractivity contribution in [3.05, 3.63) is 63.1 Å². The number of hydrogen-bond acceptors (Lipinski definition) is 5. The molecule has 0 radical (unpaired) electrons. The van der Waals surface area contributed by atoms with E-state index in [-0.39, 0.29) is 12.1 Å². The Morgan fingerprint density at radius 1 is 1.03 bits per heavy atom. The standard InChI is InChI=1S/C30H34Cl2N2O5/c1-17-13-23(31)27(24(32)14-17)38-21-11-12-33(16-21)19-7-5-18(6-8-19)22-15-20-9-10-25(26(22)28(35)36)34(20)29(37)39-30(2,3)4/h5-8,13-14,20-21,25H,9-12,15-16H2,1-4H3,(H,35,36)/t20-,21+,25+/m0/s1. The molecule has 2 bridgehead atoms. The Hall–Kier alpha value is -2.90. The van der Waals surface area contributed by atoms with Crippen LogP contribution in [0.15, 0.2) is 42.0 Å². The van der Waals surface area contributed by atoms with Crippen molar-refractivity contribution < 1.29 is 24.2 Å². The number of anilines is 1. The molecule has 2 saturated heterocycles. The molecule has 7 nitrogen and oxygen atoms in total. The lowest BCUT2D eigenvalue weighted by molar-refractivity contribution is -0.133. The zero-order valence-electron chi connectivity index (χ0n) is 22.7. The number of benzene rings is 2. The molecule has 1 amide bonds. The van der Waals surface area contributed by atoms with Gasteiger partial charge in [0.25, 0.3) is 0 Å². The van der Waals surface area contributed by atoms with Crippen molar-refractivity contribution in [1.82, 2.24) is 4.90 Å². The van der Waals surface area contributed by atoms with Crippen molar-refractivity contribution in [2.24, 2.45) is 0 Å².